The van der Waals surface area contributed by atoms with Gasteiger partial charge in [0.05, 0.1) is 21.3 Å². The van der Waals surface area contributed by atoms with Crippen molar-refractivity contribution in [1.82, 2.24) is 19.7 Å². The number of benzene rings is 2. The van der Waals surface area contributed by atoms with Gasteiger partial charge in [0.1, 0.15) is 6.33 Å². The van der Waals surface area contributed by atoms with Gasteiger partial charge in [-0.15, -0.1) is 5.10 Å². The van der Waals surface area contributed by atoms with Crippen LogP contribution in [-0.2, 0) is 12.7 Å². The molecule has 6 nitrogen and oxygen atoms in total. The molecule has 0 radical (unpaired) electrons. The summed E-state index contributed by atoms with van der Waals surface area (Å²) >= 11 is 11.8. The fourth-order valence-corrected chi connectivity index (χ4v) is 3.18. The van der Waals surface area contributed by atoms with E-state index in [1.165, 1.54) is 40.2 Å². The Morgan fingerprint density at radius 3 is 2.47 bits per heavy atom. The molecular weight excluding hydrogens is 444 g/mol. The van der Waals surface area contributed by atoms with Gasteiger partial charge in [0.2, 0.25) is 5.82 Å². The molecule has 1 N–H and O–H groups in total. The molecule has 0 aliphatic rings. The predicted molar refractivity (Wildman–Crippen MR) is 105 cm³/mol. The number of aromatic nitrogens is 3. The molecule has 0 unspecified atom stereocenters. The third-order valence-electron chi connectivity index (χ3n) is 4.25. The highest BCUT2D eigenvalue weighted by atomic mass is 35.5. The van der Waals surface area contributed by atoms with Crippen molar-refractivity contribution in [3.63, 3.8) is 0 Å². The summed E-state index contributed by atoms with van der Waals surface area (Å²) in [6.45, 7) is 1.90. The van der Waals surface area contributed by atoms with Gasteiger partial charge in [-0.2, -0.15) is 13.2 Å². The van der Waals surface area contributed by atoms with Gasteiger partial charge >= 0.3 is 6.18 Å². The Bertz CT molecular complexity index is 1060. The zero-order valence-electron chi connectivity index (χ0n) is 15.5. The SMILES string of the molecule is CCN(Cc1cccc(C(F)(F)F)c1)C(=O)c1ncn(-c2cc(Cl)c(O)c(Cl)c2)n1. The lowest BCUT2D eigenvalue weighted by molar-refractivity contribution is -0.137. The third-order valence-corrected chi connectivity index (χ3v) is 4.82. The lowest BCUT2D eigenvalue weighted by atomic mass is 10.1. The Labute approximate surface area is 179 Å². The normalized spacial score (nSPS) is 11.5. The van der Waals surface area contributed by atoms with Crippen LogP contribution in [0.2, 0.25) is 10.0 Å². The van der Waals surface area contributed by atoms with Crippen LogP contribution in [0.15, 0.2) is 42.7 Å². The van der Waals surface area contributed by atoms with Gasteiger partial charge in [0.25, 0.3) is 5.91 Å². The lowest BCUT2D eigenvalue weighted by Crippen LogP contribution is -2.31. The van der Waals surface area contributed by atoms with E-state index in [4.69, 9.17) is 23.2 Å². The molecule has 11 heteroatoms. The monoisotopic (exact) mass is 458 g/mol. The number of phenolic OH excluding ortho intramolecular Hbond substituents is 1. The zero-order chi connectivity index (χ0) is 22.1. The number of halogens is 5. The first-order valence-electron chi connectivity index (χ1n) is 8.65. The summed E-state index contributed by atoms with van der Waals surface area (Å²) in [7, 11) is 0. The molecule has 1 aromatic heterocycles. The van der Waals surface area contributed by atoms with E-state index >= 15 is 0 Å². The average Bonchev–Trinajstić information content (AvgIpc) is 3.19. The second-order valence-corrected chi connectivity index (χ2v) is 7.10. The van der Waals surface area contributed by atoms with E-state index in [-0.39, 0.29) is 34.7 Å². The molecule has 3 aromatic rings. The molecule has 1 heterocycles. The number of alkyl halides is 3. The van der Waals surface area contributed by atoms with Crippen LogP contribution in [-0.4, -0.2) is 37.2 Å². The van der Waals surface area contributed by atoms with Crippen LogP contribution in [0.4, 0.5) is 13.2 Å². The summed E-state index contributed by atoms with van der Waals surface area (Å²) in [6, 6.07) is 7.57. The average molecular weight is 459 g/mol. The fourth-order valence-electron chi connectivity index (χ4n) is 2.70. The number of nitrogens with zero attached hydrogens (tertiary/aromatic N) is 4. The molecule has 158 valence electrons. The second-order valence-electron chi connectivity index (χ2n) is 6.29. The summed E-state index contributed by atoms with van der Waals surface area (Å²) in [5.41, 5.74) is -0.0844. The third kappa shape index (κ3) is 4.68. The Morgan fingerprint density at radius 1 is 1.20 bits per heavy atom. The number of hydrogen-bond acceptors (Lipinski definition) is 4. The summed E-state index contributed by atoms with van der Waals surface area (Å²) in [6.07, 6.45) is -3.20. The summed E-state index contributed by atoms with van der Waals surface area (Å²) < 4.78 is 40.0. The quantitative estimate of drug-likeness (QED) is 0.586. The summed E-state index contributed by atoms with van der Waals surface area (Å²) in [5.74, 6) is -0.981. The number of hydrogen-bond donors (Lipinski definition) is 1. The van der Waals surface area contributed by atoms with Crippen LogP contribution in [0.3, 0.4) is 0 Å². The molecule has 0 bridgehead atoms. The van der Waals surface area contributed by atoms with Gasteiger partial charge in [0.15, 0.2) is 5.75 Å². The van der Waals surface area contributed by atoms with Gasteiger partial charge in [-0.05, 0) is 36.8 Å². The number of amides is 1. The van der Waals surface area contributed by atoms with Crippen molar-refractivity contribution in [2.24, 2.45) is 0 Å². The molecule has 30 heavy (non-hydrogen) atoms. The number of carbonyl (C=O) groups is 1. The highest BCUT2D eigenvalue weighted by Gasteiger charge is 2.30. The van der Waals surface area contributed by atoms with E-state index in [1.807, 2.05) is 0 Å². The molecule has 0 fully saturated rings. The molecule has 1 amide bonds. The van der Waals surface area contributed by atoms with Crippen LogP contribution in [0.25, 0.3) is 5.69 Å². The summed E-state index contributed by atoms with van der Waals surface area (Å²) in [4.78, 5) is 18.1. The highest BCUT2D eigenvalue weighted by molar-refractivity contribution is 6.37. The van der Waals surface area contributed by atoms with Crippen LogP contribution < -0.4 is 0 Å². The largest absolute Gasteiger partial charge is 0.505 e. The first kappa shape index (κ1) is 21.9. The summed E-state index contributed by atoms with van der Waals surface area (Å²) in [5, 5.41) is 13.7. The number of carbonyl (C=O) groups excluding carboxylic acids is 1. The van der Waals surface area contributed by atoms with Gasteiger partial charge < -0.3 is 10.0 Å². The fraction of sp³-hybridized carbons (Fsp3) is 0.211. The second kappa shape index (κ2) is 8.53. The minimum atomic E-state index is -4.47. The molecular formula is C19H15Cl2F3N4O2. The van der Waals surface area contributed by atoms with Crippen LogP contribution in [0.5, 0.6) is 5.75 Å². The molecule has 0 aliphatic heterocycles. The molecule has 0 spiro atoms. The van der Waals surface area contributed by atoms with E-state index in [0.29, 0.717) is 11.3 Å². The van der Waals surface area contributed by atoms with E-state index in [2.05, 4.69) is 10.1 Å². The smallest absolute Gasteiger partial charge is 0.416 e. The molecule has 3 rings (SSSR count). The minimum absolute atomic E-state index is 0.000563. The van der Waals surface area contributed by atoms with Crippen molar-refractivity contribution in [3.8, 4) is 11.4 Å². The maximum Gasteiger partial charge on any atom is 0.416 e. The lowest BCUT2D eigenvalue weighted by Gasteiger charge is -2.20. The molecule has 0 aliphatic carbocycles. The Morgan fingerprint density at radius 2 is 1.87 bits per heavy atom. The van der Waals surface area contributed by atoms with Crippen molar-refractivity contribution in [1.29, 1.82) is 0 Å². The molecule has 0 atom stereocenters. The number of aromatic hydroxyl groups is 1. The predicted octanol–water partition coefficient (Wildman–Crippen LogP) is 4.96. The molecule has 0 saturated heterocycles. The molecule has 0 saturated carbocycles. The zero-order valence-corrected chi connectivity index (χ0v) is 17.0. The van der Waals surface area contributed by atoms with Crippen molar-refractivity contribution in [2.75, 3.05) is 6.54 Å². The van der Waals surface area contributed by atoms with Gasteiger partial charge in [-0.3, -0.25) is 4.79 Å². The van der Waals surface area contributed by atoms with E-state index in [1.54, 1.807) is 6.92 Å². The van der Waals surface area contributed by atoms with Crippen LogP contribution in [0.1, 0.15) is 28.7 Å². The van der Waals surface area contributed by atoms with Gasteiger partial charge in [-0.25, -0.2) is 9.67 Å². The van der Waals surface area contributed by atoms with Crippen LogP contribution >= 0.6 is 23.2 Å². The van der Waals surface area contributed by atoms with Crippen molar-refractivity contribution < 1.29 is 23.1 Å². The highest BCUT2D eigenvalue weighted by Crippen LogP contribution is 2.34. The number of phenols is 1. The molecule has 2 aromatic carbocycles. The van der Waals surface area contributed by atoms with Crippen molar-refractivity contribution in [2.45, 2.75) is 19.6 Å². The van der Waals surface area contributed by atoms with Crippen molar-refractivity contribution >= 4 is 29.1 Å². The van der Waals surface area contributed by atoms with Crippen molar-refractivity contribution in [3.05, 3.63) is 69.7 Å². The maximum absolute atomic E-state index is 12.9. The topological polar surface area (TPSA) is 71.2 Å². The Hall–Kier alpha value is -2.78. The van der Waals surface area contributed by atoms with Gasteiger partial charge in [0, 0.05) is 13.1 Å². The Kier molecular flexibility index (Phi) is 6.23. The van der Waals surface area contributed by atoms with Gasteiger partial charge in [-0.1, -0.05) is 35.3 Å². The van der Waals surface area contributed by atoms with E-state index < -0.39 is 17.6 Å². The van der Waals surface area contributed by atoms with E-state index in [0.717, 1.165) is 12.1 Å². The standard InChI is InChI=1S/C19H15Cl2F3N4O2/c1-2-27(9-11-4-3-5-12(6-11)19(22,23)24)18(30)17-25-10-28(26-17)13-7-14(20)16(29)15(21)8-13/h3-8,10,29H,2,9H2,1H3. The Balaban J connectivity index is 1.82. The van der Waals surface area contributed by atoms with Crippen LogP contribution in [0, 0.1) is 0 Å². The first-order chi connectivity index (χ1) is 14.1. The maximum atomic E-state index is 12.9. The minimum Gasteiger partial charge on any atom is -0.505 e. The number of rotatable bonds is 5. The first-order valence-corrected chi connectivity index (χ1v) is 9.41. The van der Waals surface area contributed by atoms with E-state index in [9.17, 15) is 23.1 Å².